The maximum absolute atomic E-state index is 10.5. The largest absolute Gasteiger partial charge is 0.491 e. The van der Waals surface area contributed by atoms with E-state index in [1.165, 1.54) is 7.05 Å². The monoisotopic (exact) mass is 212 g/mol. The third-order valence-corrected chi connectivity index (χ3v) is 1.80. The Morgan fingerprint density at radius 1 is 1.60 bits per heavy atom. The summed E-state index contributed by atoms with van der Waals surface area (Å²) in [6.07, 6.45) is 0. The van der Waals surface area contributed by atoms with Gasteiger partial charge in [0.2, 0.25) is 0 Å². The summed E-state index contributed by atoms with van der Waals surface area (Å²) in [5, 5.41) is 19.4. The van der Waals surface area contributed by atoms with Crippen LogP contribution in [-0.2, 0) is 0 Å². The van der Waals surface area contributed by atoms with Crippen molar-refractivity contribution in [2.45, 2.75) is 0 Å². The van der Waals surface area contributed by atoms with Gasteiger partial charge in [0, 0.05) is 6.07 Å². The molecular weight excluding hydrogens is 200 g/mol. The summed E-state index contributed by atoms with van der Waals surface area (Å²) in [5.74, 6) is 0.496. The molecule has 0 atom stereocenters. The molecule has 0 aromatic heterocycles. The van der Waals surface area contributed by atoms with Gasteiger partial charge in [-0.25, -0.2) is 10.1 Å². The van der Waals surface area contributed by atoms with Crippen LogP contribution in [0.25, 0.3) is 0 Å². The first-order valence-corrected chi connectivity index (χ1v) is 4.37. The highest BCUT2D eigenvalue weighted by molar-refractivity contribution is 5.47. The van der Waals surface area contributed by atoms with E-state index in [1.807, 2.05) is 0 Å². The fourth-order valence-electron chi connectivity index (χ4n) is 1.03. The quantitative estimate of drug-likeness (QED) is 0.574. The Labute approximate surface area is 86.8 Å². The Hall–Kier alpha value is -1.82. The van der Waals surface area contributed by atoms with Crippen LogP contribution in [0.1, 0.15) is 0 Å². The summed E-state index contributed by atoms with van der Waals surface area (Å²) in [6, 6.07) is 6.47. The summed E-state index contributed by atoms with van der Waals surface area (Å²) in [6.45, 7) is 0.0843. The maximum Gasteiger partial charge on any atom is 0.164 e. The molecule has 1 aromatic carbocycles. The Bertz CT molecular complexity index is 343. The highest BCUT2D eigenvalue weighted by atomic mass is 16.7. The maximum atomic E-state index is 10.5. The molecule has 0 spiro atoms. The molecule has 0 aliphatic rings. The predicted molar refractivity (Wildman–Crippen MR) is 54.4 cm³/mol. The van der Waals surface area contributed by atoms with Gasteiger partial charge in [0.1, 0.15) is 18.0 Å². The van der Waals surface area contributed by atoms with Crippen LogP contribution in [0.15, 0.2) is 24.3 Å². The van der Waals surface area contributed by atoms with E-state index < -0.39 is 5.03 Å². The molecule has 0 aliphatic heterocycles. The van der Waals surface area contributed by atoms with Crippen LogP contribution in [0, 0.1) is 10.1 Å². The van der Waals surface area contributed by atoms with Crippen LogP contribution in [0.5, 0.6) is 5.75 Å². The Morgan fingerprint density at radius 2 is 2.33 bits per heavy atom. The lowest BCUT2D eigenvalue weighted by atomic mass is 10.3. The van der Waals surface area contributed by atoms with Gasteiger partial charge in [-0.15, -0.1) is 0 Å². The van der Waals surface area contributed by atoms with Crippen molar-refractivity contribution in [3.05, 3.63) is 34.4 Å². The number of rotatable bonds is 5. The highest BCUT2D eigenvalue weighted by Gasteiger charge is 2.10. The number of nitro groups is 1. The third-order valence-electron chi connectivity index (χ3n) is 1.80. The van der Waals surface area contributed by atoms with Gasteiger partial charge >= 0.3 is 0 Å². The van der Waals surface area contributed by atoms with Gasteiger partial charge in [0.15, 0.2) is 5.03 Å². The fourth-order valence-corrected chi connectivity index (χ4v) is 1.03. The molecule has 0 bridgehead atoms. The summed E-state index contributed by atoms with van der Waals surface area (Å²) in [7, 11) is 1.35. The SMILES string of the molecule is CN(c1cccc(OCCO)c1)[N+](=O)[O-]. The van der Waals surface area contributed by atoms with Crippen molar-refractivity contribution in [2.24, 2.45) is 0 Å². The average molecular weight is 212 g/mol. The van der Waals surface area contributed by atoms with Gasteiger partial charge < -0.3 is 9.84 Å². The summed E-state index contributed by atoms with van der Waals surface area (Å²) in [5.41, 5.74) is 0.426. The molecule has 0 radical (unpaired) electrons. The Balaban J connectivity index is 2.77. The Kier molecular flexibility index (Phi) is 3.87. The molecule has 82 valence electrons. The van der Waals surface area contributed by atoms with Crippen molar-refractivity contribution in [3.8, 4) is 5.75 Å². The minimum atomic E-state index is -0.523. The van der Waals surface area contributed by atoms with Crippen molar-refractivity contribution in [3.63, 3.8) is 0 Å². The number of ether oxygens (including phenoxy) is 1. The molecule has 0 unspecified atom stereocenters. The summed E-state index contributed by atoms with van der Waals surface area (Å²) in [4.78, 5) is 10.5. The number of aliphatic hydroxyl groups excluding tert-OH is 1. The number of anilines is 1. The first kappa shape index (κ1) is 11.3. The number of hydrogen-bond donors (Lipinski definition) is 1. The normalized spacial score (nSPS) is 9.73. The molecule has 0 saturated carbocycles. The fraction of sp³-hybridized carbons (Fsp3) is 0.333. The minimum absolute atomic E-state index is 0.0880. The molecule has 0 amide bonds. The van der Waals surface area contributed by atoms with E-state index in [2.05, 4.69) is 0 Å². The third kappa shape index (κ3) is 3.10. The molecule has 1 rings (SSSR count). The standard InChI is InChI=1S/C9H12N2O4/c1-10(11(13)14)8-3-2-4-9(7-8)15-6-5-12/h2-4,7,12H,5-6H2,1H3. The van der Waals surface area contributed by atoms with Crippen molar-refractivity contribution in [2.75, 3.05) is 25.3 Å². The van der Waals surface area contributed by atoms with Gasteiger partial charge in [-0.1, -0.05) is 11.1 Å². The van der Waals surface area contributed by atoms with Crippen molar-refractivity contribution in [1.29, 1.82) is 0 Å². The van der Waals surface area contributed by atoms with E-state index in [0.29, 0.717) is 11.4 Å². The van der Waals surface area contributed by atoms with E-state index in [4.69, 9.17) is 9.84 Å². The zero-order valence-electron chi connectivity index (χ0n) is 8.29. The molecule has 15 heavy (non-hydrogen) atoms. The van der Waals surface area contributed by atoms with Gasteiger partial charge in [0.05, 0.1) is 13.7 Å². The van der Waals surface area contributed by atoms with E-state index in [9.17, 15) is 10.1 Å². The van der Waals surface area contributed by atoms with Crippen LogP contribution >= 0.6 is 0 Å². The van der Waals surface area contributed by atoms with Crippen LogP contribution in [0.2, 0.25) is 0 Å². The van der Waals surface area contributed by atoms with E-state index in [0.717, 1.165) is 5.01 Å². The van der Waals surface area contributed by atoms with E-state index in [1.54, 1.807) is 24.3 Å². The molecule has 0 fully saturated rings. The van der Waals surface area contributed by atoms with Gasteiger partial charge in [-0.2, -0.15) is 0 Å². The molecule has 0 heterocycles. The Morgan fingerprint density at radius 3 is 2.93 bits per heavy atom. The second-order valence-corrected chi connectivity index (χ2v) is 2.83. The summed E-state index contributed by atoms with van der Waals surface area (Å²) >= 11 is 0. The van der Waals surface area contributed by atoms with Gasteiger partial charge in [0.25, 0.3) is 0 Å². The second kappa shape index (κ2) is 5.16. The topological polar surface area (TPSA) is 75.8 Å². The van der Waals surface area contributed by atoms with Crippen molar-refractivity contribution >= 4 is 5.69 Å². The lowest BCUT2D eigenvalue weighted by Crippen LogP contribution is -2.24. The van der Waals surface area contributed by atoms with Crippen molar-refractivity contribution in [1.82, 2.24) is 0 Å². The molecule has 0 aliphatic carbocycles. The lowest BCUT2D eigenvalue weighted by molar-refractivity contribution is -0.490. The zero-order chi connectivity index (χ0) is 11.3. The lowest BCUT2D eigenvalue weighted by Gasteiger charge is -2.10. The number of nitrogens with zero attached hydrogens (tertiary/aromatic N) is 2. The van der Waals surface area contributed by atoms with Crippen LogP contribution < -0.4 is 9.75 Å². The number of aliphatic hydroxyl groups is 1. The molecule has 1 aromatic rings. The first-order chi connectivity index (χ1) is 7.15. The molecule has 6 heteroatoms. The summed E-state index contributed by atoms with van der Waals surface area (Å²) < 4.78 is 5.13. The highest BCUT2D eigenvalue weighted by Crippen LogP contribution is 2.19. The van der Waals surface area contributed by atoms with Crippen LogP contribution in [0.4, 0.5) is 5.69 Å². The molecular formula is C9H12N2O4. The average Bonchev–Trinajstić information content (AvgIpc) is 2.25. The van der Waals surface area contributed by atoms with Crippen molar-refractivity contribution < 1.29 is 14.9 Å². The molecule has 6 nitrogen and oxygen atoms in total. The van der Waals surface area contributed by atoms with Gasteiger partial charge in [-0.05, 0) is 12.1 Å². The second-order valence-electron chi connectivity index (χ2n) is 2.83. The zero-order valence-corrected chi connectivity index (χ0v) is 8.29. The van der Waals surface area contributed by atoms with Crippen LogP contribution in [0.3, 0.4) is 0 Å². The minimum Gasteiger partial charge on any atom is -0.491 e. The number of hydrazine groups is 1. The van der Waals surface area contributed by atoms with Crippen LogP contribution in [-0.4, -0.2) is 30.4 Å². The first-order valence-electron chi connectivity index (χ1n) is 4.37. The predicted octanol–water partition coefficient (Wildman–Crippen LogP) is 0.686. The van der Waals surface area contributed by atoms with Gasteiger partial charge in [-0.3, -0.25) is 0 Å². The number of benzene rings is 1. The molecule has 0 saturated heterocycles. The van der Waals surface area contributed by atoms with E-state index in [-0.39, 0.29) is 13.2 Å². The number of hydrogen-bond acceptors (Lipinski definition) is 4. The molecule has 1 N–H and O–H groups in total. The smallest absolute Gasteiger partial charge is 0.164 e. The van der Waals surface area contributed by atoms with E-state index >= 15 is 0 Å².